The van der Waals surface area contributed by atoms with Crippen LogP contribution in [0.3, 0.4) is 0 Å². The number of carbonyl (C=O) groups is 1. The molecule has 4 rings (SSSR count). The number of hydrogen-bond acceptors (Lipinski definition) is 4. The number of benzene rings is 3. The number of alkyl halides is 3. The fourth-order valence-corrected chi connectivity index (χ4v) is 3.59. The maximum absolute atomic E-state index is 14.0. The van der Waals surface area contributed by atoms with Crippen molar-refractivity contribution in [2.45, 2.75) is 25.2 Å². The summed E-state index contributed by atoms with van der Waals surface area (Å²) in [5.74, 6) is -2.02. The Balaban J connectivity index is 1.81. The van der Waals surface area contributed by atoms with Crippen molar-refractivity contribution in [3.63, 3.8) is 0 Å². The van der Waals surface area contributed by atoms with Crippen molar-refractivity contribution >= 4 is 17.4 Å². The van der Waals surface area contributed by atoms with E-state index in [0.29, 0.717) is 11.3 Å². The van der Waals surface area contributed by atoms with Crippen molar-refractivity contribution in [2.24, 2.45) is 5.10 Å². The summed E-state index contributed by atoms with van der Waals surface area (Å²) in [6, 6.07) is 23.3. The van der Waals surface area contributed by atoms with E-state index in [1.54, 1.807) is 91.9 Å². The van der Waals surface area contributed by atoms with Crippen LogP contribution < -0.4 is 5.01 Å². The SMILES string of the molecule is Cc1cccc(C2C(C(F)(F)F)=NN(c3ccccc3)C2OC(=O)c2ccccc2)c1. The van der Waals surface area contributed by atoms with Gasteiger partial charge in [-0.05, 0) is 36.8 Å². The number of halogens is 3. The van der Waals surface area contributed by atoms with Crippen LogP contribution in [-0.4, -0.2) is 24.1 Å². The van der Waals surface area contributed by atoms with E-state index < -0.39 is 30.0 Å². The monoisotopic (exact) mass is 424 g/mol. The Kier molecular flexibility index (Phi) is 5.50. The van der Waals surface area contributed by atoms with Crippen molar-refractivity contribution in [3.05, 3.63) is 102 Å². The molecule has 3 aromatic rings. The molecule has 0 spiro atoms. The molecule has 1 heterocycles. The zero-order valence-electron chi connectivity index (χ0n) is 16.6. The fourth-order valence-electron chi connectivity index (χ4n) is 3.59. The average Bonchev–Trinajstić information content (AvgIpc) is 3.14. The van der Waals surface area contributed by atoms with E-state index in [0.717, 1.165) is 10.6 Å². The van der Waals surface area contributed by atoms with Gasteiger partial charge in [0.15, 0.2) is 5.71 Å². The molecule has 31 heavy (non-hydrogen) atoms. The van der Waals surface area contributed by atoms with Crippen LogP contribution in [0.15, 0.2) is 90.0 Å². The van der Waals surface area contributed by atoms with Crippen molar-refractivity contribution in [1.29, 1.82) is 0 Å². The smallest absolute Gasteiger partial charge is 0.432 e. The molecule has 1 aliphatic heterocycles. The molecule has 158 valence electrons. The van der Waals surface area contributed by atoms with Gasteiger partial charge < -0.3 is 4.74 Å². The first kappa shape index (κ1) is 20.7. The second-order valence-corrected chi connectivity index (χ2v) is 7.22. The van der Waals surface area contributed by atoms with Gasteiger partial charge in [-0.25, -0.2) is 9.80 Å². The zero-order valence-corrected chi connectivity index (χ0v) is 16.6. The van der Waals surface area contributed by atoms with Gasteiger partial charge in [0.25, 0.3) is 0 Å². The molecule has 0 saturated carbocycles. The third kappa shape index (κ3) is 4.30. The number of nitrogens with zero attached hydrogens (tertiary/aromatic N) is 2. The molecule has 0 N–H and O–H groups in total. The van der Waals surface area contributed by atoms with Crippen molar-refractivity contribution in [3.8, 4) is 0 Å². The van der Waals surface area contributed by atoms with Crippen LogP contribution in [0.4, 0.5) is 18.9 Å². The Bertz CT molecular complexity index is 1100. The Morgan fingerprint density at radius 2 is 1.58 bits per heavy atom. The first-order valence-electron chi connectivity index (χ1n) is 9.67. The number of aryl methyl sites for hydroxylation is 1. The minimum atomic E-state index is -4.70. The largest absolute Gasteiger partial charge is 0.435 e. The highest BCUT2D eigenvalue weighted by Crippen LogP contribution is 2.41. The number of rotatable bonds is 4. The van der Waals surface area contributed by atoms with E-state index in [1.807, 2.05) is 0 Å². The number of anilines is 1. The molecular weight excluding hydrogens is 405 g/mol. The molecule has 0 bridgehead atoms. The minimum Gasteiger partial charge on any atom is -0.435 e. The Hall–Kier alpha value is -3.61. The summed E-state index contributed by atoms with van der Waals surface area (Å²) in [5.41, 5.74) is 0.808. The first-order chi connectivity index (χ1) is 14.8. The highest BCUT2D eigenvalue weighted by atomic mass is 19.4. The Labute approximate surface area is 177 Å². The number of ether oxygens (including phenoxy) is 1. The van der Waals surface area contributed by atoms with Gasteiger partial charge in [-0.1, -0.05) is 66.2 Å². The van der Waals surface area contributed by atoms with Gasteiger partial charge in [0.05, 0.1) is 17.2 Å². The lowest BCUT2D eigenvalue weighted by molar-refractivity contribution is -0.0622. The normalized spacial score (nSPS) is 18.6. The van der Waals surface area contributed by atoms with Gasteiger partial charge >= 0.3 is 12.1 Å². The van der Waals surface area contributed by atoms with E-state index in [-0.39, 0.29) is 5.56 Å². The lowest BCUT2D eigenvalue weighted by Gasteiger charge is -2.28. The quantitative estimate of drug-likeness (QED) is 0.505. The van der Waals surface area contributed by atoms with E-state index >= 15 is 0 Å². The maximum atomic E-state index is 14.0. The molecule has 0 aromatic heterocycles. The third-order valence-electron chi connectivity index (χ3n) is 4.99. The Morgan fingerprint density at radius 1 is 0.935 bits per heavy atom. The number of carbonyl (C=O) groups excluding carboxylic acids is 1. The molecule has 4 nitrogen and oxygen atoms in total. The van der Waals surface area contributed by atoms with Crippen molar-refractivity contribution in [2.75, 3.05) is 5.01 Å². The second-order valence-electron chi connectivity index (χ2n) is 7.22. The van der Waals surface area contributed by atoms with Crippen LogP contribution in [0.25, 0.3) is 0 Å². The molecule has 0 radical (unpaired) electrons. The zero-order chi connectivity index (χ0) is 22.0. The summed E-state index contributed by atoms with van der Waals surface area (Å²) in [6.45, 7) is 1.79. The van der Waals surface area contributed by atoms with Gasteiger partial charge in [0.1, 0.15) is 0 Å². The fraction of sp³-hybridized carbons (Fsp3) is 0.167. The predicted octanol–water partition coefficient (Wildman–Crippen LogP) is 5.70. The van der Waals surface area contributed by atoms with Crippen molar-refractivity contribution < 1.29 is 22.7 Å². The van der Waals surface area contributed by atoms with Crippen LogP contribution >= 0.6 is 0 Å². The molecular formula is C24H19F3N2O2. The summed E-state index contributed by atoms with van der Waals surface area (Å²) in [5, 5.41) is 5.03. The van der Waals surface area contributed by atoms with Gasteiger partial charge in [-0.15, -0.1) is 0 Å². The van der Waals surface area contributed by atoms with E-state index in [9.17, 15) is 18.0 Å². The summed E-state index contributed by atoms with van der Waals surface area (Å²) in [4.78, 5) is 12.8. The van der Waals surface area contributed by atoms with Crippen LogP contribution in [0, 0.1) is 6.92 Å². The lowest BCUT2D eigenvalue weighted by atomic mass is 9.91. The summed E-state index contributed by atoms with van der Waals surface area (Å²) in [7, 11) is 0. The van der Waals surface area contributed by atoms with E-state index in [1.165, 1.54) is 0 Å². The minimum absolute atomic E-state index is 0.249. The first-order valence-corrected chi connectivity index (χ1v) is 9.67. The van der Waals surface area contributed by atoms with Crippen LogP contribution in [0.2, 0.25) is 0 Å². The second kappa shape index (κ2) is 8.26. The summed E-state index contributed by atoms with van der Waals surface area (Å²) < 4.78 is 47.7. The molecule has 2 unspecified atom stereocenters. The molecule has 0 saturated heterocycles. The number of para-hydroxylation sites is 1. The highest BCUT2D eigenvalue weighted by molar-refractivity contribution is 6.00. The summed E-state index contributed by atoms with van der Waals surface area (Å²) in [6.07, 6.45) is -6.00. The predicted molar refractivity (Wildman–Crippen MR) is 112 cm³/mol. The number of esters is 1. The molecule has 3 aromatic carbocycles. The maximum Gasteiger partial charge on any atom is 0.432 e. The topological polar surface area (TPSA) is 41.9 Å². The number of hydrogen-bond donors (Lipinski definition) is 0. The van der Waals surface area contributed by atoms with Gasteiger partial charge in [0.2, 0.25) is 6.23 Å². The molecule has 7 heteroatoms. The molecule has 2 atom stereocenters. The van der Waals surface area contributed by atoms with E-state index in [2.05, 4.69) is 5.10 Å². The average molecular weight is 424 g/mol. The van der Waals surface area contributed by atoms with E-state index in [4.69, 9.17) is 4.74 Å². The van der Waals surface area contributed by atoms with Gasteiger partial charge in [0, 0.05) is 0 Å². The van der Waals surface area contributed by atoms with Crippen LogP contribution in [0.1, 0.15) is 27.4 Å². The molecule has 0 aliphatic carbocycles. The van der Waals surface area contributed by atoms with Gasteiger partial charge in [-0.2, -0.15) is 18.3 Å². The van der Waals surface area contributed by atoms with Crippen LogP contribution in [-0.2, 0) is 4.74 Å². The van der Waals surface area contributed by atoms with Crippen molar-refractivity contribution in [1.82, 2.24) is 0 Å². The standard InChI is InChI=1S/C24H19F3N2O2/c1-16-9-8-12-18(15-16)20-21(24(25,26)27)28-29(19-13-6-3-7-14-19)22(20)31-23(30)17-10-4-2-5-11-17/h2-15,20,22H,1H3. The molecule has 0 amide bonds. The molecule has 0 fully saturated rings. The molecule has 1 aliphatic rings. The number of hydrazone groups is 1. The lowest BCUT2D eigenvalue weighted by Crippen LogP contribution is -2.39. The van der Waals surface area contributed by atoms with Gasteiger partial charge in [-0.3, -0.25) is 0 Å². The third-order valence-corrected chi connectivity index (χ3v) is 4.99. The highest BCUT2D eigenvalue weighted by Gasteiger charge is 2.52. The summed E-state index contributed by atoms with van der Waals surface area (Å²) >= 11 is 0. The van der Waals surface area contributed by atoms with Crippen LogP contribution in [0.5, 0.6) is 0 Å². The Morgan fingerprint density at radius 3 is 2.19 bits per heavy atom.